The zero-order valence-corrected chi connectivity index (χ0v) is 9.29. The van der Waals surface area contributed by atoms with E-state index in [0.29, 0.717) is 0 Å². The predicted molar refractivity (Wildman–Crippen MR) is 61.1 cm³/mol. The third-order valence-electron chi connectivity index (χ3n) is 2.23. The van der Waals surface area contributed by atoms with Crippen molar-refractivity contribution in [3.8, 4) is 0 Å². The van der Waals surface area contributed by atoms with E-state index in [1.165, 1.54) is 22.7 Å². The van der Waals surface area contributed by atoms with Gasteiger partial charge in [-0.2, -0.15) is 0 Å². The van der Waals surface area contributed by atoms with Gasteiger partial charge < -0.3 is 5.32 Å². The topological polar surface area (TPSA) is 50.7 Å². The van der Waals surface area contributed by atoms with Crippen molar-refractivity contribution >= 4 is 16.7 Å². The van der Waals surface area contributed by atoms with Gasteiger partial charge >= 0.3 is 0 Å². The Morgan fingerprint density at radius 1 is 1.33 bits per heavy atom. The summed E-state index contributed by atoms with van der Waals surface area (Å²) in [5, 5.41) is 11.3. The highest BCUT2D eigenvalue weighted by atomic mass is 32.1. The third kappa shape index (κ3) is 2.73. The van der Waals surface area contributed by atoms with Crippen LogP contribution < -0.4 is 5.32 Å². The second kappa shape index (κ2) is 4.84. The first-order valence-corrected chi connectivity index (χ1v) is 5.57. The molecule has 78 valence electrons. The van der Waals surface area contributed by atoms with E-state index in [1.807, 2.05) is 0 Å². The molecule has 0 aliphatic carbocycles. The largest absolute Gasteiger partial charge is 0.359 e. The lowest BCUT2D eigenvalue weighted by atomic mass is 10.1. The average Bonchev–Trinajstić information content (AvgIpc) is 2.74. The van der Waals surface area contributed by atoms with Crippen molar-refractivity contribution in [3.05, 3.63) is 35.4 Å². The molecule has 0 saturated carbocycles. The van der Waals surface area contributed by atoms with Crippen LogP contribution in [-0.4, -0.2) is 21.3 Å². The Morgan fingerprint density at radius 3 is 2.93 bits per heavy atom. The molecule has 0 radical (unpaired) electrons. The maximum absolute atomic E-state index is 3.82. The van der Waals surface area contributed by atoms with Crippen molar-refractivity contribution in [2.45, 2.75) is 13.3 Å². The van der Waals surface area contributed by atoms with Gasteiger partial charge in [-0.25, -0.2) is 0 Å². The van der Waals surface area contributed by atoms with Crippen LogP contribution in [0.25, 0.3) is 0 Å². The zero-order chi connectivity index (χ0) is 10.5. The predicted octanol–water partition coefficient (Wildman–Crippen LogP) is 1.90. The molecular weight excluding hydrogens is 208 g/mol. The highest BCUT2D eigenvalue weighted by Crippen LogP contribution is 2.09. The molecule has 4 nitrogen and oxygen atoms in total. The van der Waals surface area contributed by atoms with E-state index in [9.17, 15) is 0 Å². The zero-order valence-electron chi connectivity index (χ0n) is 8.47. The smallest absolute Gasteiger partial charge is 0.225 e. The highest BCUT2D eigenvalue weighted by molar-refractivity contribution is 7.09. The molecule has 0 saturated heterocycles. The van der Waals surface area contributed by atoms with Crippen LogP contribution in [0, 0.1) is 6.92 Å². The van der Waals surface area contributed by atoms with Crippen molar-refractivity contribution in [2.24, 2.45) is 0 Å². The monoisotopic (exact) mass is 220 g/mol. The van der Waals surface area contributed by atoms with Gasteiger partial charge in [0.25, 0.3) is 0 Å². The summed E-state index contributed by atoms with van der Waals surface area (Å²) in [7, 11) is 0. The summed E-state index contributed by atoms with van der Waals surface area (Å²) in [6.45, 7) is 2.99. The number of nitrogens with one attached hydrogen (secondary N) is 1. The molecule has 0 fully saturated rings. The molecule has 0 bridgehead atoms. The summed E-state index contributed by atoms with van der Waals surface area (Å²) < 4.78 is 3.68. The van der Waals surface area contributed by atoms with Gasteiger partial charge in [0.2, 0.25) is 5.13 Å². The third-order valence-corrected chi connectivity index (χ3v) is 2.78. The van der Waals surface area contributed by atoms with E-state index >= 15 is 0 Å². The molecule has 1 aromatic heterocycles. The molecule has 0 amide bonds. The van der Waals surface area contributed by atoms with Gasteiger partial charge in [0.1, 0.15) is 0 Å². The van der Waals surface area contributed by atoms with Crippen LogP contribution in [-0.2, 0) is 6.42 Å². The van der Waals surface area contributed by atoms with E-state index in [-0.39, 0.29) is 0 Å². The van der Waals surface area contributed by atoms with E-state index in [2.05, 4.69) is 51.3 Å². The van der Waals surface area contributed by atoms with Gasteiger partial charge in [-0.1, -0.05) is 33.9 Å². The summed E-state index contributed by atoms with van der Waals surface area (Å²) in [4.78, 5) is 0. The molecule has 1 N–H and O–H groups in total. The molecule has 2 rings (SSSR count). The Morgan fingerprint density at radius 2 is 2.20 bits per heavy atom. The van der Waals surface area contributed by atoms with Gasteiger partial charge in [-0.15, -0.1) is 0 Å². The van der Waals surface area contributed by atoms with Crippen molar-refractivity contribution in [1.29, 1.82) is 0 Å². The average molecular weight is 220 g/mol. The first kappa shape index (κ1) is 10.0. The molecule has 0 atom stereocenters. The fourth-order valence-electron chi connectivity index (χ4n) is 1.40. The fourth-order valence-corrected chi connectivity index (χ4v) is 1.79. The Hall–Kier alpha value is -1.49. The lowest BCUT2D eigenvalue weighted by Gasteiger charge is -2.05. The van der Waals surface area contributed by atoms with Crippen molar-refractivity contribution in [2.75, 3.05) is 11.9 Å². The number of hydrogen-bond donors (Lipinski definition) is 1. The lowest BCUT2D eigenvalue weighted by molar-refractivity contribution is 0.939. The molecule has 0 spiro atoms. The second-order valence-electron chi connectivity index (χ2n) is 3.27. The number of anilines is 1. The SMILES string of the molecule is Cc1ccccc1CCNc1nnns1. The summed E-state index contributed by atoms with van der Waals surface area (Å²) in [6.07, 6.45) is 0.992. The minimum atomic E-state index is 0.781. The van der Waals surface area contributed by atoms with E-state index in [1.54, 1.807) is 0 Å². The molecule has 5 heteroatoms. The summed E-state index contributed by atoms with van der Waals surface area (Å²) >= 11 is 1.28. The van der Waals surface area contributed by atoms with Crippen LogP contribution in [0.2, 0.25) is 0 Å². The summed E-state index contributed by atoms with van der Waals surface area (Å²) in [5.74, 6) is 0. The molecule has 15 heavy (non-hydrogen) atoms. The van der Waals surface area contributed by atoms with Crippen molar-refractivity contribution in [3.63, 3.8) is 0 Å². The Labute approximate surface area is 92.5 Å². The number of rotatable bonds is 4. The first-order valence-electron chi connectivity index (χ1n) is 4.79. The Bertz CT molecular complexity index is 413. The highest BCUT2D eigenvalue weighted by Gasteiger charge is 1.98. The molecule has 2 aromatic rings. The van der Waals surface area contributed by atoms with Crippen LogP contribution in [0.1, 0.15) is 11.1 Å². The van der Waals surface area contributed by atoms with Crippen LogP contribution in [0.3, 0.4) is 0 Å². The van der Waals surface area contributed by atoms with Crippen LogP contribution in [0.4, 0.5) is 5.13 Å². The Kier molecular flexibility index (Phi) is 3.24. The first-order chi connectivity index (χ1) is 7.36. The van der Waals surface area contributed by atoms with E-state index in [4.69, 9.17) is 0 Å². The van der Waals surface area contributed by atoms with Gasteiger partial charge in [-0.3, -0.25) is 0 Å². The molecular formula is C10H12N4S. The lowest BCUT2D eigenvalue weighted by Crippen LogP contribution is -2.05. The minimum Gasteiger partial charge on any atom is -0.359 e. The molecule has 0 unspecified atom stereocenters. The molecule has 0 aliphatic heterocycles. The standard InChI is InChI=1S/C10H12N4S/c1-8-4-2-3-5-9(8)6-7-11-10-12-13-14-15-10/h2-5H,6-7H2,1H3,(H,11,12,14). The number of aromatic nitrogens is 3. The molecule has 1 aromatic carbocycles. The maximum Gasteiger partial charge on any atom is 0.225 e. The number of benzene rings is 1. The van der Waals surface area contributed by atoms with Crippen molar-refractivity contribution in [1.82, 2.24) is 14.8 Å². The number of hydrogen-bond acceptors (Lipinski definition) is 5. The Balaban J connectivity index is 1.86. The van der Waals surface area contributed by atoms with Crippen LogP contribution in [0.5, 0.6) is 0 Å². The second-order valence-corrected chi connectivity index (χ2v) is 4.00. The van der Waals surface area contributed by atoms with Crippen LogP contribution in [0.15, 0.2) is 24.3 Å². The van der Waals surface area contributed by atoms with Gasteiger partial charge in [-0.05, 0) is 29.7 Å². The van der Waals surface area contributed by atoms with Gasteiger partial charge in [0, 0.05) is 18.1 Å². The van der Waals surface area contributed by atoms with Gasteiger partial charge in [0.05, 0.1) is 0 Å². The number of aryl methyl sites for hydroxylation is 1. The van der Waals surface area contributed by atoms with E-state index < -0.39 is 0 Å². The van der Waals surface area contributed by atoms with Crippen LogP contribution >= 0.6 is 11.5 Å². The summed E-state index contributed by atoms with van der Waals surface area (Å²) in [5.41, 5.74) is 2.69. The minimum absolute atomic E-state index is 0.781. The maximum atomic E-state index is 3.82. The van der Waals surface area contributed by atoms with Crippen molar-refractivity contribution < 1.29 is 0 Å². The normalized spacial score (nSPS) is 10.2. The molecule has 0 aliphatic rings. The van der Waals surface area contributed by atoms with Gasteiger partial charge in [0.15, 0.2) is 0 Å². The van der Waals surface area contributed by atoms with E-state index in [0.717, 1.165) is 18.1 Å². The fraction of sp³-hybridized carbons (Fsp3) is 0.300. The molecule has 1 heterocycles. The number of nitrogens with zero attached hydrogens (tertiary/aromatic N) is 3. The quantitative estimate of drug-likeness (QED) is 0.855. The summed E-state index contributed by atoms with van der Waals surface area (Å²) in [6, 6.07) is 8.40.